The topological polar surface area (TPSA) is 104 Å². The molecule has 8 aromatic carbocycles. The van der Waals surface area contributed by atoms with Crippen molar-refractivity contribution in [3.63, 3.8) is 0 Å². The molecule has 0 aliphatic heterocycles. The van der Waals surface area contributed by atoms with Gasteiger partial charge in [0.1, 0.15) is 39.4 Å². The molecular weight excluding hydrogens is 1310 g/mol. The maximum absolute atomic E-state index is 5.94. The second-order valence-electron chi connectivity index (χ2n) is 22.6. The third-order valence-corrected chi connectivity index (χ3v) is 18.6. The average molecular weight is 1440 g/mol. The number of pyridine rings is 1. The highest BCUT2D eigenvalue weighted by Gasteiger charge is 2.26. The van der Waals surface area contributed by atoms with Crippen LogP contribution < -0.4 is 18.7 Å². The summed E-state index contributed by atoms with van der Waals surface area (Å²) in [4.78, 5) is 17.5. The molecule has 16 rings (SSSR count). The van der Waals surface area contributed by atoms with Gasteiger partial charge in [0.05, 0.1) is 33.5 Å². The number of hydrogen-bond donors (Lipinski definition) is 0. The Morgan fingerprint density at radius 1 is 0.352 bits per heavy atom. The van der Waals surface area contributed by atoms with Crippen LogP contribution in [0.5, 0.6) is 0 Å². The van der Waals surface area contributed by atoms with Gasteiger partial charge in [0.15, 0.2) is 0 Å². The molecule has 0 saturated heterocycles. The van der Waals surface area contributed by atoms with E-state index in [1.54, 1.807) is 12.7 Å². The van der Waals surface area contributed by atoms with E-state index in [1.165, 1.54) is 114 Å². The van der Waals surface area contributed by atoms with Gasteiger partial charge < -0.3 is 8.98 Å². The first kappa shape index (κ1) is 89.4. The van der Waals surface area contributed by atoms with Gasteiger partial charge in [-0.15, -0.1) is 29.9 Å². The van der Waals surface area contributed by atoms with Gasteiger partial charge in [-0.05, 0) is 168 Å². The molecular formula is C90H129N13OS+4. The van der Waals surface area contributed by atoms with Gasteiger partial charge in [-0.3, -0.25) is 0 Å². The number of aromatic nitrogens is 13. The standard InChI is InChI=1S/C21H24N3.C17H17N4.C16H14N3O.C16H14N3S.10C2H6/c1-11-9-8-10-17-18-14(4)12(2)13(3)15(5)19(18)21-22-16(6)23(7)24(21)20(11)17;1-12-8-14-13-6-4-5-7-15(13)20(3)17(14)9-16(12)21-11-18-10-19(21)2;2*1-11-7-13-12-5-3-4-6-15(12)20-16(13)8-14(11)19-10-17-9-18(19)2;10*1-2/h8-10H,1-7H3;4-11H,1-3H3;2*3-10H,1-2H3;10*1-2H3/q4*+1;;;;;;;;;;. The lowest BCUT2D eigenvalue weighted by Gasteiger charge is -2.16. The Labute approximate surface area is 633 Å². The van der Waals surface area contributed by atoms with Crippen LogP contribution in [0.3, 0.4) is 0 Å². The van der Waals surface area contributed by atoms with Crippen molar-refractivity contribution in [3.8, 4) is 17.1 Å². The molecule has 8 aromatic heterocycles. The number of furan rings is 1. The Balaban J connectivity index is 0.000000336. The zero-order valence-electron chi connectivity index (χ0n) is 70.7. The van der Waals surface area contributed by atoms with Crippen LogP contribution in [0.15, 0.2) is 170 Å². The summed E-state index contributed by atoms with van der Waals surface area (Å²) in [5, 5.41) is 11.6. The first-order valence-electron chi connectivity index (χ1n) is 38.6. The van der Waals surface area contributed by atoms with E-state index >= 15 is 0 Å². The van der Waals surface area contributed by atoms with E-state index in [-0.39, 0.29) is 0 Å². The number of aryl methyl sites for hydroxylation is 12. The van der Waals surface area contributed by atoms with E-state index in [2.05, 4.69) is 224 Å². The zero-order valence-corrected chi connectivity index (χ0v) is 71.5. The molecule has 0 aliphatic rings. The second-order valence-corrected chi connectivity index (χ2v) is 23.7. The fourth-order valence-corrected chi connectivity index (χ4v) is 13.6. The van der Waals surface area contributed by atoms with Crippen LogP contribution in [0.25, 0.3) is 108 Å². The second kappa shape index (κ2) is 43.4. The van der Waals surface area contributed by atoms with Crippen molar-refractivity contribution < 1.29 is 23.1 Å². The zero-order chi connectivity index (χ0) is 79.3. The summed E-state index contributed by atoms with van der Waals surface area (Å²) in [7, 11) is 10.2. The molecule has 562 valence electrons. The molecule has 0 fully saturated rings. The normalized spacial score (nSPS) is 10.0. The number of nitrogens with zero attached hydrogens (tertiary/aromatic N) is 13. The molecule has 0 unspecified atom stereocenters. The first-order valence-corrected chi connectivity index (χ1v) is 39.4. The van der Waals surface area contributed by atoms with Crippen LogP contribution in [-0.2, 0) is 35.2 Å². The van der Waals surface area contributed by atoms with E-state index in [9.17, 15) is 0 Å². The van der Waals surface area contributed by atoms with Crippen molar-refractivity contribution in [2.45, 2.75) is 201 Å². The molecule has 0 amide bonds. The number of benzene rings is 8. The minimum absolute atomic E-state index is 0.903. The average Bonchev–Trinajstić information content (AvgIpc) is 1.70. The van der Waals surface area contributed by atoms with Crippen LogP contribution in [0.4, 0.5) is 0 Å². The molecule has 0 N–H and O–H groups in total. The summed E-state index contributed by atoms with van der Waals surface area (Å²) in [5.41, 5.74) is 20.5. The first-order chi connectivity index (χ1) is 51.0. The van der Waals surface area contributed by atoms with Crippen molar-refractivity contribution >= 4 is 103 Å². The van der Waals surface area contributed by atoms with Crippen molar-refractivity contribution in [3.05, 3.63) is 216 Å². The van der Waals surface area contributed by atoms with E-state index in [1.807, 2.05) is 233 Å². The summed E-state index contributed by atoms with van der Waals surface area (Å²) in [6.45, 7) is 59.6. The summed E-state index contributed by atoms with van der Waals surface area (Å²) < 4.78 is 27.3. The van der Waals surface area contributed by atoms with Gasteiger partial charge in [-0.2, -0.15) is 18.7 Å². The Morgan fingerprint density at radius 2 is 0.781 bits per heavy atom. The maximum Gasteiger partial charge on any atom is 0.316 e. The van der Waals surface area contributed by atoms with E-state index in [4.69, 9.17) is 9.40 Å². The summed E-state index contributed by atoms with van der Waals surface area (Å²) in [5.74, 6) is 1.03. The number of thiophene rings is 1. The third kappa shape index (κ3) is 18.6. The van der Waals surface area contributed by atoms with Crippen LogP contribution in [0.2, 0.25) is 0 Å². The molecule has 0 spiro atoms. The molecule has 0 saturated carbocycles. The molecule has 16 aromatic rings. The summed E-state index contributed by atoms with van der Waals surface area (Å²) >= 11 is 1.84. The van der Waals surface area contributed by atoms with Crippen LogP contribution in [0, 0.1) is 62.3 Å². The Morgan fingerprint density at radius 3 is 1.30 bits per heavy atom. The lowest BCUT2D eigenvalue weighted by molar-refractivity contribution is -0.745. The molecule has 14 nitrogen and oxygen atoms in total. The van der Waals surface area contributed by atoms with Gasteiger partial charge in [0.25, 0.3) is 5.65 Å². The fraction of sp³-hybridized carbons (Fsp3) is 0.378. The quantitative estimate of drug-likeness (QED) is 0.129. The van der Waals surface area contributed by atoms with Gasteiger partial charge >= 0.3 is 24.8 Å². The molecule has 0 radical (unpaired) electrons. The lowest BCUT2D eigenvalue weighted by atomic mass is 9.90. The highest BCUT2D eigenvalue weighted by atomic mass is 32.1. The molecule has 8 heterocycles. The molecule has 105 heavy (non-hydrogen) atoms. The Hall–Kier alpha value is -9.86. The van der Waals surface area contributed by atoms with E-state index in [0.717, 1.165) is 44.8 Å². The number of fused-ring (bicyclic) bond motifs is 15. The van der Waals surface area contributed by atoms with Gasteiger partial charge in [-0.1, -0.05) is 211 Å². The van der Waals surface area contributed by atoms with Gasteiger partial charge in [-0.25, -0.2) is 0 Å². The van der Waals surface area contributed by atoms with Gasteiger partial charge in [0, 0.05) is 78.0 Å². The largest absolute Gasteiger partial charge is 0.456 e. The minimum Gasteiger partial charge on any atom is -0.456 e. The number of rotatable bonds is 3. The van der Waals surface area contributed by atoms with Crippen molar-refractivity contribution in [1.82, 2.24) is 43.1 Å². The highest BCUT2D eigenvalue weighted by molar-refractivity contribution is 7.25. The SMILES string of the molecule is CC.CC.CC.CC.CC.CC.CC.CC.CC.CC.Cc1c(C)c(C)c2c(c1C)c1cccc(C)c1n1c2nc(C)[n+]1C.Cc1cc2c(cc1-n1cnc[n+]1C)oc1ccccc12.Cc1cc2c(cc1-n1cnc[n+]1C)sc1ccccc12.Cc1cc2c3ccccc3n(C)c2cc1-n1cnc[n+]1C. The van der Waals surface area contributed by atoms with Crippen LogP contribution in [-0.4, -0.2) is 43.1 Å². The molecule has 0 atom stereocenters. The fourth-order valence-electron chi connectivity index (χ4n) is 12.5. The molecule has 0 bridgehead atoms. The minimum atomic E-state index is 0.903. The number of hydrogen-bond acceptors (Lipinski definition) is 6. The van der Waals surface area contributed by atoms with E-state index < -0.39 is 0 Å². The summed E-state index contributed by atoms with van der Waals surface area (Å²) in [6.07, 6.45) is 10.9. The van der Waals surface area contributed by atoms with Crippen LogP contribution >= 0.6 is 11.3 Å². The summed E-state index contributed by atoms with van der Waals surface area (Å²) in [6, 6.07) is 45.2. The monoisotopic (exact) mass is 1440 g/mol. The van der Waals surface area contributed by atoms with E-state index in [0.29, 0.717) is 0 Å². The van der Waals surface area contributed by atoms with Crippen molar-refractivity contribution in [2.24, 2.45) is 35.2 Å². The van der Waals surface area contributed by atoms with Crippen molar-refractivity contribution in [2.75, 3.05) is 0 Å². The lowest BCUT2D eigenvalue weighted by Crippen LogP contribution is -2.37. The maximum atomic E-state index is 5.94. The van der Waals surface area contributed by atoms with Gasteiger partial charge in [0.2, 0.25) is 19.0 Å². The molecule has 15 heteroatoms. The molecule has 0 aliphatic carbocycles. The highest BCUT2D eigenvalue weighted by Crippen LogP contribution is 2.39. The Kier molecular flexibility index (Phi) is 37.0. The predicted octanol–water partition coefficient (Wildman–Crippen LogP) is 23.5. The third-order valence-electron chi connectivity index (χ3n) is 17.5. The predicted molar refractivity (Wildman–Crippen MR) is 456 cm³/mol. The number of para-hydroxylation sites is 3. The smallest absolute Gasteiger partial charge is 0.316 e. The Bertz CT molecular complexity index is 5180. The van der Waals surface area contributed by atoms with Crippen molar-refractivity contribution in [1.29, 1.82) is 0 Å². The van der Waals surface area contributed by atoms with Crippen LogP contribution in [0.1, 0.15) is 189 Å².